The van der Waals surface area contributed by atoms with E-state index in [0.717, 1.165) is 32.4 Å². The van der Waals surface area contributed by atoms with Crippen molar-refractivity contribution in [3.05, 3.63) is 0 Å². The van der Waals surface area contributed by atoms with Crippen LogP contribution in [0.15, 0.2) is 0 Å². The van der Waals surface area contributed by atoms with E-state index in [4.69, 9.17) is 9.47 Å². The average Bonchev–Trinajstić information content (AvgIpc) is 3.11. The van der Waals surface area contributed by atoms with E-state index in [1.807, 2.05) is 0 Å². The van der Waals surface area contributed by atoms with E-state index in [0.29, 0.717) is 6.42 Å². The summed E-state index contributed by atoms with van der Waals surface area (Å²) in [5.74, 6) is -0.988. The van der Waals surface area contributed by atoms with Gasteiger partial charge in [-0.3, -0.25) is 9.69 Å². The van der Waals surface area contributed by atoms with E-state index in [-0.39, 0.29) is 53.1 Å². The molecule has 0 amide bonds. The second kappa shape index (κ2) is 6.23. The molecule has 7 bridgehead atoms. The Hall–Kier alpha value is -0.730. The van der Waals surface area contributed by atoms with Gasteiger partial charge in [-0.1, -0.05) is 13.8 Å². The second-order valence-electron chi connectivity index (χ2n) is 11.8. The first-order chi connectivity index (χ1) is 14.6. The second-order valence-corrected chi connectivity index (χ2v) is 11.8. The van der Waals surface area contributed by atoms with Gasteiger partial charge in [0.05, 0.1) is 23.9 Å². The van der Waals surface area contributed by atoms with E-state index >= 15 is 0 Å². The monoisotopic (exact) mass is 435 g/mol. The fourth-order valence-electron chi connectivity index (χ4n) is 10.5. The fraction of sp³-hybridized carbons (Fsp3) is 0.958. The Morgan fingerprint density at radius 3 is 2.65 bits per heavy atom. The minimum Gasteiger partial charge on any atom is -0.462 e. The van der Waals surface area contributed by atoms with Crippen LogP contribution in [0.4, 0.5) is 0 Å². The van der Waals surface area contributed by atoms with E-state index in [1.165, 1.54) is 6.92 Å². The summed E-state index contributed by atoms with van der Waals surface area (Å²) in [5.41, 5.74) is -1.75. The highest BCUT2D eigenvalue weighted by molar-refractivity contribution is 5.66. The van der Waals surface area contributed by atoms with Crippen LogP contribution in [0, 0.1) is 40.4 Å². The van der Waals surface area contributed by atoms with E-state index in [2.05, 4.69) is 18.7 Å². The summed E-state index contributed by atoms with van der Waals surface area (Å²) in [4.78, 5) is 14.8. The number of aliphatic hydroxyl groups is 3. The normalized spacial score (nSPS) is 61.4. The van der Waals surface area contributed by atoms with Crippen molar-refractivity contribution in [1.82, 2.24) is 4.90 Å². The molecule has 0 radical (unpaired) electrons. The number of carbonyl (C=O) groups is 1. The minimum atomic E-state index is -1.18. The number of aliphatic hydroxyl groups excluding tert-OH is 2. The Balaban J connectivity index is 1.63. The number of esters is 1. The molecule has 31 heavy (non-hydrogen) atoms. The number of rotatable bonds is 3. The minimum absolute atomic E-state index is 0.00276. The molecule has 174 valence electrons. The number of likely N-dealkylation sites (tertiary alicyclic amines) is 1. The maximum absolute atomic E-state index is 12.4. The lowest BCUT2D eigenvalue weighted by molar-refractivity contribution is -0.266. The van der Waals surface area contributed by atoms with Gasteiger partial charge in [-0.25, -0.2) is 0 Å². The summed E-state index contributed by atoms with van der Waals surface area (Å²) in [5, 5.41) is 35.6. The molecule has 6 fully saturated rings. The van der Waals surface area contributed by atoms with Crippen LogP contribution in [0.1, 0.15) is 46.5 Å². The van der Waals surface area contributed by atoms with E-state index in [1.54, 1.807) is 7.11 Å². The van der Waals surface area contributed by atoms with Crippen LogP contribution in [0.3, 0.4) is 0 Å². The van der Waals surface area contributed by atoms with Crippen molar-refractivity contribution in [2.45, 2.75) is 82.5 Å². The van der Waals surface area contributed by atoms with E-state index in [9.17, 15) is 20.1 Å². The van der Waals surface area contributed by atoms with Gasteiger partial charge in [-0.05, 0) is 37.1 Å². The van der Waals surface area contributed by atoms with Crippen molar-refractivity contribution >= 4 is 5.97 Å². The number of nitrogens with zero attached hydrogens (tertiary/aromatic N) is 1. The van der Waals surface area contributed by atoms with Gasteiger partial charge < -0.3 is 24.8 Å². The van der Waals surface area contributed by atoms with Crippen LogP contribution in [0.2, 0.25) is 0 Å². The maximum atomic E-state index is 12.4. The molecule has 6 rings (SSSR count). The largest absolute Gasteiger partial charge is 0.462 e. The molecule has 0 aromatic heterocycles. The highest BCUT2D eigenvalue weighted by Crippen LogP contribution is 2.79. The van der Waals surface area contributed by atoms with Gasteiger partial charge in [-0.2, -0.15) is 0 Å². The number of carbonyl (C=O) groups excluding carboxylic acids is 1. The van der Waals surface area contributed by atoms with Gasteiger partial charge in [0, 0.05) is 62.1 Å². The van der Waals surface area contributed by atoms with Gasteiger partial charge >= 0.3 is 5.97 Å². The first kappa shape index (κ1) is 20.8. The molecule has 13 atom stereocenters. The molecule has 1 saturated heterocycles. The summed E-state index contributed by atoms with van der Waals surface area (Å²) in [6.07, 6.45) is 0.985. The lowest BCUT2D eigenvalue weighted by atomic mass is 9.43. The molecular weight excluding hydrogens is 398 g/mol. The zero-order chi connectivity index (χ0) is 22.1. The van der Waals surface area contributed by atoms with Gasteiger partial charge in [0.15, 0.2) is 0 Å². The van der Waals surface area contributed by atoms with Gasteiger partial charge in [0.25, 0.3) is 0 Å². The van der Waals surface area contributed by atoms with Gasteiger partial charge in [0.2, 0.25) is 0 Å². The number of hydrogen-bond acceptors (Lipinski definition) is 7. The molecule has 0 aromatic carbocycles. The smallest absolute Gasteiger partial charge is 0.302 e. The molecule has 5 aliphatic carbocycles. The van der Waals surface area contributed by atoms with Crippen molar-refractivity contribution in [2.75, 3.05) is 20.2 Å². The van der Waals surface area contributed by atoms with Crippen molar-refractivity contribution in [3.8, 4) is 0 Å². The molecule has 1 heterocycles. The Morgan fingerprint density at radius 2 is 2.00 bits per heavy atom. The van der Waals surface area contributed by atoms with Crippen LogP contribution in [0.5, 0.6) is 0 Å². The van der Waals surface area contributed by atoms with Crippen molar-refractivity contribution in [3.63, 3.8) is 0 Å². The molecule has 1 spiro atoms. The third kappa shape index (κ3) is 2.12. The van der Waals surface area contributed by atoms with Crippen molar-refractivity contribution in [2.24, 2.45) is 40.4 Å². The Labute approximate surface area is 184 Å². The van der Waals surface area contributed by atoms with Crippen LogP contribution in [0.25, 0.3) is 0 Å². The summed E-state index contributed by atoms with van der Waals surface area (Å²) in [6.45, 7) is 7.62. The average molecular weight is 436 g/mol. The van der Waals surface area contributed by atoms with Gasteiger partial charge in [-0.15, -0.1) is 0 Å². The van der Waals surface area contributed by atoms with Crippen LogP contribution >= 0.6 is 0 Å². The molecule has 5 saturated carbocycles. The van der Waals surface area contributed by atoms with Crippen LogP contribution < -0.4 is 0 Å². The Kier molecular flexibility index (Phi) is 4.19. The standard InChI is InChI=1S/C24H37NO6/c1-5-25-10-22(3)7-6-15(27)24-13-8-12-14(30-4)9-23(29,16(13)18(12)28)17(21(24)25)19(20(22)24)31-11(2)26/h12-21,27-29H,5-10H2,1-4H3/t12-,13-,14+,15+,16-,17+,18+,19-,20-,21-,22+,23-,24+/m1/s1. The van der Waals surface area contributed by atoms with E-state index < -0.39 is 29.3 Å². The zero-order valence-corrected chi connectivity index (χ0v) is 19.0. The third-order valence-electron chi connectivity index (χ3n) is 10.9. The number of ether oxygens (including phenoxy) is 2. The topological polar surface area (TPSA) is 99.5 Å². The van der Waals surface area contributed by atoms with Crippen LogP contribution in [-0.2, 0) is 14.3 Å². The fourth-order valence-corrected chi connectivity index (χ4v) is 10.5. The van der Waals surface area contributed by atoms with Crippen molar-refractivity contribution < 1.29 is 29.6 Å². The number of piperidine rings is 1. The lowest BCUT2D eigenvalue weighted by Gasteiger charge is -2.68. The first-order valence-corrected chi connectivity index (χ1v) is 12.2. The Morgan fingerprint density at radius 1 is 1.26 bits per heavy atom. The zero-order valence-electron chi connectivity index (χ0n) is 19.0. The highest BCUT2D eigenvalue weighted by Gasteiger charge is 2.86. The molecule has 3 N–H and O–H groups in total. The third-order valence-corrected chi connectivity index (χ3v) is 10.9. The summed E-state index contributed by atoms with van der Waals surface area (Å²) in [6, 6.07) is -0.0527. The predicted molar refractivity (Wildman–Crippen MR) is 111 cm³/mol. The number of fused-ring (bicyclic) bond motifs is 2. The summed E-state index contributed by atoms with van der Waals surface area (Å²) in [7, 11) is 1.66. The quantitative estimate of drug-likeness (QED) is 0.564. The predicted octanol–water partition coefficient (Wildman–Crippen LogP) is 0.792. The molecule has 6 aliphatic rings. The van der Waals surface area contributed by atoms with Crippen molar-refractivity contribution in [1.29, 1.82) is 0 Å². The molecule has 0 unspecified atom stereocenters. The molecule has 7 heteroatoms. The number of hydrogen-bond donors (Lipinski definition) is 3. The molecule has 7 nitrogen and oxygen atoms in total. The Bertz CT molecular complexity index is 807. The molecule has 1 aliphatic heterocycles. The lowest BCUT2D eigenvalue weighted by Crippen LogP contribution is -2.75. The van der Waals surface area contributed by atoms with Crippen LogP contribution in [-0.4, -0.2) is 82.4 Å². The maximum Gasteiger partial charge on any atom is 0.302 e. The SMILES string of the molecule is CCN1C[C@]2(C)CC[C@H](O)[C@@]34[C@@H]5C[C@H]6[C@H](O)[C@@H]5[C@](O)(C[C@@H]6OC)[C@@H]([C@@H](OC(C)=O)[C@H]23)[C@@H]14. The number of methoxy groups -OCH3 is 1. The highest BCUT2D eigenvalue weighted by atomic mass is 16.5. The van der Waals surface area contributed by atoms with Gasteiger partial charge in [0.1, 0.15) is 6.10 Å². The first-order valence-electron chi connectivity index (χ1n) is 12.2. The summed E-state index contributed by atoms with van der Waals surface area (Å²) < 4.78 is 11.9. The molecule has 0 aromatic rings. The molecular formula is C24H37NO6. The summed E-state index contributed by atoms with van der Waals surface area (Å²) >= 11 is 0.